The summed E-state index contributed by atoms with van der Waals surface area (Å²) in [5, 5.41) is -0.245. The van der Waals surface area contributed by atoms with Crippen LogP contribution in [0.4, 0.5) is 5.69 Å². The van der Waals surface area contributed by atoms with E-state index in [0.717, 1.165) is 16.9 Å². The van der Waals surface area contributed by atoms with E-state index in [2.05, 4.69) is 0 Å². The minimum Gasteiger partial charge on any atom is -0.496 e. The van der Waals surface area contributed by atoms with E-state index < -0.39 is 23.1 Å². The summed E-state index contributed by atoms with van der Waals surface area (Å²) in [6.07, 6.45) is 0. The first-order chi connectivity index (χ1) is 17.3. The van der Waals surface area contributed by atoms with Gasteiger partial charge in [-0.3, -0.25) is 23.7 Å². The van der Waals surface area contributed by atoms with Crippen LogP contribution in [-0.4, -0.2) is 41.3 Å². The van der Waals surface area contributed by atoms with Gasteiger partial charge in [0.25, 0.3) is 0 Å². The summed E-state index contributed by atoms with van der Waals surface area (Å²) in [5.41, 5.74) is 2.24. The zero-order chi connectivity index (χ0) is 25.6. The molecule has 1 fully saturated rings. The Balaban J connectivity index is 1.67. The number of amides is 2. The lowest BCUT2D eigenvalue weighted by molar-refractivity contribution is -0.144. The van der Waals surface area contributed by atoms with Crippen LogP contribution in [0, 0.1) is 12.8 Å². The van der Waals surface area contributed by atoms with Crippen molar-refractivity contribution in [2.45, 2.75) is 36.6 Å². The maximum Gasteiger partial charge on any atom is 0.326 e. The molecule has 3 heterocycles. The topological polar surface area (TPSA) is 94.9 Å². The first-order valence-electron chi connectivity index (χ1n) is 11.5. The molecule has 5 rings (SSSR count). The SMILES string of the molecule is CCOC(=O)Cn1c2c(sc1=O)[C@@H](c1ccccc1OC)[C@@H]1C(=O)N(c3ccc(C)cc3)C(=O)[C@@H]1S2. The number of fused-ring (bicyclic) bond motifs is 2. The first kappa shape index (κ1) is 24.3. The van der Waals surface area contributed by atoms with Crippen LogP contribution in [0.5, 0.6) is 5.75 Å². The van der Waals surface area contributed by atoms with Gasteiger partial charge in [0.2, 0.25) is 11.8 Å². The molecule has 2 aliphatic rings. The highest BCUT2D eigenvalue weighted by Crippen LogP contribution is 2.55. The Morgan fingerprint density at radius 2 is 1.75 bits per heavy atom. The van der Waals surface area contributed by atoms with Crippen LogP contribution in [0.15, 0.2) is 58.4 Å². The molecule has 8 nitrogen and oxygen atoms in total. The Labute approximate surface area is 215 Å². The minimum atomic E-state index is -0.760. The van der Waals surface area contributed by atoms with E-state index in [0.29, 0.717) is 26.9 Å². The van der Waals surface area contributed by atoms with Crippen molar-refractivity contribution in [2.24, 2.45) is 5.92 Å². The molecule has 3 atom stereocenters. The average molecular weight is 525 g/mol. The predicted octanol–water partition coefficient (Wildman–Crippen LogP) is 3.59. The molecule has 2 amide bonds. The van der Waals surface area contributed by atoms with E-state index in [1.54, 1.807) is 32.2 Å². The maximum atomic E-state index is 13.9. The fourth-order valence-electron chi connectivity index (χ4n) is 4.80. The normalized spacial score (nSPS) is 20.8. The second-order valence-corrected chi connectivity index (χ2v) is 10.7. The summed E-state index contributed by atoms with van der Waals surface area (Å²) < 4.78 is 12.0. The first-order valence-corrected chi connectivity index (χ1v) is 13.2. The lowest BCUT2D eigenvalue weighted by Crippen LogP contribution is -2.33. The van der Waals surface area contributed by atoms with Crippen LogP contribution in [0.3, 0.4) is 0 Å². The molecular formula is C26H24N2O6S2. The smallest absolute Gasteiger partial charge is 0.326 e. The van der Waals surface area contributed by atoms with Gasteiger partial charge in [0.05, 0.1) is 30.3 Å². The minimum absolute atomic E-state index is 0.195. The molecule has 0 saturated carbocycles. The zero-order valence-electron chi connectivity index (χ0n) is 19.9. The van der Waals surface area contributed by atoms with E-state index >= 15 is 0 Å². The molecule has 0 spiro atoms. The Morgan fingerprint density at radius 3 is 2.44 bits per heavy atom. The molecule has 3 aromatic rings. The molecule has 36 heavy (non-hydrogen) atoms. The number of methoxy groups -OCH3 is 1. The number of ether oxygens (including phenoxy) is 2. The number of aryl methyl sites for hydroxylation is 1. The molecule has 0 bridgehead atoms. The van der Waals surface area contributed by atoms with Crippen LogP contribution in [0.2, 0.25) is 0 Å². The number of anilines is 1. The van der Waals surface area contributed by atoms with Gasteiger partial charge in [0.15, 0.2) is 0 Å². The number of imide groups is 1. The molecule has 2 aliphatic heterocycles. The lowest BCUT2D eigenvalue weighted by atomic mass is 9.82. The van der Waals surface area contributed by atoms with Crippen LogP contribution < -0.4 is 14.5 Å². The highest BCUT2D eigenvalue weighted by molar-refractivity contribution is 8.00. The Bertz CT molecular complexity index is 1410. The van der Waals surface area contributed by atoms with Crippen molar-refractivity contribution in [1.82, 2.24) is 4.57 Å². The molecule has 1 aromatic heterocycles. The highest BCUT2D eigenvalue weighted by atomic mass is 32.2. The van der Waals surface area contributed by atoms with Crippen LogP contribution in [-0.2, 0) is 25.7 Å². The number of rotatable bonds is 6. The van der Waals surface area contributed by atoms with Gasteiger partial charge in [-0.1, -0.05) is 59.0 Å². The second-order valence-electron chi connectivity index (χ2n) is 8.56. The number of carbonyl (C=O) groups is 3. The van der Waals surface area contributed by atoms with Gasteiger partial charge in [-0.15, -0.1) is 0 Å². The fourth-order valence-corrected chi connectivity index (χ4v) is 7.56. The van der Waals surface area contributed by atoms with Crippen molar-refractivity contribution in [3.8, 4) is 5.75 Å². The lowest BCUT2D eigenvalue weighted by Gasteiger charge is -2.31. The number of hydrogen-bond acceptors (Lipinski definition) is 8. The molecule has 186 valence electrons. The third-order valence-corrected chi connectivity index (χ3v) is 9.01. The van der Waals surface area contributed by atoms with Crippen molar-refractivity contribution in [3.63, 3.8) is 0 Å². The molecule has 10 heteroatoms. The largest absolute Gasteiger partial charge is 0.496 e. The van der Waals surface area contributed by atoms with Gasteiger partial charge in [-0.25, -0.2) is 4.90 Å². The summed E-state index contributed by atoms with van der Waals surface area (Å²) in [4.78, 5) is 54.4. The third-order valence-electron chi connectivity index (χ3n) is 6.41. The number of nitrogens with zero attached hydrogens (tertiary/aromatic N) is 2. The van der Waals surface area contributed by atoms with Gasteiger partial charge in [0.1, 0.15) is 17.5 Å². The number of thioether (sulfide) groups is 1. The number of thiazole rings is 1. The van der Waals surface area contributed by atoms with E-state index in [4.69, 9.17) is 9.47 Å². The highest BCUT2D eigenvalue weighted by Gasteiger charge is 2.57. The monoisotopic (exact) mass is 524 g/mol. The summed E-state index contributed by atoms with van der Waals surface area (Å²) in [7, 11) is 1.55. The van der Waals surface area contributed by atoms with Crippen molar-refractivity contribution in [3.05, 3.63) is 74.2 Å². The predicted molar refractivity (Wildman–Crippen MR) is 137 cm³/mol. The summed E-state index contributed by atoms with van der Waals surface area (Å²) in [5.74, 6) is -1.96. The van der Waals surface area contributed by atoms with Crippen molar-refractivity contribution >= 4 is 46.6 Å². The van der Waals surface area contributed by atoms with Crippen LogP contribution >= 0.6 is 23.1 Å². The van der Waals surface area contributed by atoms with Gasteiger partial charge in [-0.2, -0.15) is 0 Å². The van der Waals surface area contributed by atoms with E-state index in [1.807, 2.05) is 37.3 Å². The molecule has 2 aromatic carbocycles. The number of para-hydroxylation sites is 1. The van der Waals surface area contributed by atoms with E-state index in [9.17, 15) is 19.2 Å². The van der Waals surface area contributed by atoms with Gasteiger partial charge >= 0.3 is 10.8 Å². The molecular weight excluding hydrogens is 500 g/mol. The summed E-state index contributed by atoms with van der Waals surface area (Å²) in [6, 6.07) is 14.6. The molecule has 0 N–H and O–H groups in total. The van der Waals surface area contributed by atoms with Gasteiger partial charge < -0.3 is 9.47 Å². The van der Waals surface area contributed by atoms with Crippen LogP contribution in [0.25, 0.3) is 0 Å². The summed E-state index contributed by atoms with van der Waals surface area (Å²) >= 11 is 2.16. The Kier molecular flexibility index (Phi) is 6.48. The van der Waals surface area contributed by atoms with E-state index in [1.165, 1.54) is 21.2 Å². The number of hydrogen-bond donors (Lipinski definition) is 0. The molecule has 0 unspecified atom stereocenters. The second kappa shape index (κ2) is 9.59. The Morgan fingerprint density at radius 1 is 1.03 bits per heavy atom. The van der Waals surface area contributed by atoms with Gasteiger partial charge in [-0.05, 0) is 32.0 Å². The quantitative estimate of drug-likeness (QED) is 0.359. The fraction of sp³-hybridized carbons (Fsp3) is 0.308. The average Bonchev–Trinajstić information content (AvgIpc) is 3.31. The number of esters is 1. The molecule has 0 aliphatic carbocycles. The zero-order valence-corrected chi connectivity index (χ0v) is 21.6. The number of aromatic nitrogens is 1. The number of benzene rings is 2. The Hall–Kier alpha value is -3.37. The van der Waals surface area contributed by atoms with Crippen LogP contribution in [0.1, 0.15) is 28.8 Å². The molecule has 1 saturated heterocycles. The van der Waals surface area contributed by atoms with Crippen molar-refractivity contribution in [2.75, 3.05) is 18.6 Å². The number of carbonyl (C=O) groups excluding carboxylic acids is 3. The van der Waals surface area contributed by atoms with Crippen molar-refractivity contribution in [1.29, 1.82) is 0 Å². The van der Waals surface area contributed by atoms with Gasteiger partial charge in [0, 0.05) is 16.4 Å². The third kappa shape index (κ3) is 3.94. The maximum absolute atomic E-state index is 13.9. The standard InChI is InChI=1S/C26H24N2O6S2/c1-4-34-18(29)13-27-25-22(36-26(27)32)19(16-7-5-6-8-17(16)33-3)20-21(35-25)24(31)28(23(20)30)15-11-9-14(2)10-12-15/h5-12,19-21H,4,13H2,1-3H3/t19-,20-,21+/m0/s1. The van der Waals surface area contributed by atoms with E-state index in [-0.39, 0.29) is 29.8 Å². The van der Waals surface area contributed by atoms with Crippen molar-refractivity contribution < 1.29 is 23.9 Å². The molecule has 0 radical (unpaired) electrons. The summed E-state index contributed by atoms with van der Waals surface area (Å²) in [6.45, 7) is 3.57.